The Kier molecular flexibility index (Phi) is 4.48. The fourth-order valence-corrected chi connectivity index (χ4v) is 1.56. The van der Waals surface area contributed by atoms with Crippen LogP contribution in [-0.4, -0.2) is 20.3 Å². The van der Waals surface area contributed by atoms with E-state index in [-0.39, 0.29) is 6.04 Å². The van der Waals surface area contributed by atoms with E-state index in [9.17, 15) is 0 Å². The minimum absolute atomic E-state index is 0.115. The summed E-state index contributed by atoms with van der Waals surface area (Å²) < 4.78 is 11.6. The second-order valence-corrected chi connectivity index (χ2v) is 3.49. The van der Waals surface area contributed by atoms with E-state index in [2.05, 4.69) is 21.2 Å². The summed E-state index contributed by atoms with van der Waals surface area (Å²) >= 11 is 3.41. The van der Waals surface area contributed by atoms with Gasteiger partial charge in [-0.3, -0.25) is 0 Å². The molecule has 13 heavy (non-hydrogen) atoms. The van der Waals surface area contributed by atoms with Gasteiger partial charge < -0.3 is 14.5 Å². The van der Waals surface area contributed by atoms with Gasteiger partial charge in [0.2, 0.25) is 0 Å². The second kappa shape index (κ2) is 5.42. The monoisotopic (exact) mass is 247 g/mol. The van der Waals surface area contributed by atoms with Crippen LogP contribution < -0.4 is 5.32 Å². The molecule has 0 spiro atoms. The predicted molar refractivity (Wildman–Crippen MR) is 54.7 cm³/mol. The molecule has 0 fully saturated rings. The van der Waals surface area contributed by atoms with E-state index < -0.39 is 0 Å². The van der Waals surface area contributed by atoms with E-state index in [1.807, 2.05) is 20.0 Å². The Morgan fingerprint density at radius 2 is 2.46 bits per heavy atom. The second-order valence-electron chi connectivity index (χ2n) is 2.63. The molecule has 0 saturated carbocycles. The lowest BCUT2D eigenvalue weighted by Gasteiger charge is -2.13. The molecule has 4 heteroatoms. The summed E-state index contributed by atoms with van der Waals surface area (Å²) in [4.78, 5) is 0. The predicted octanol–water partition coefficient (Wildman–Crippen LogP) is 2.34. The lowest BCUT2D eigenvalue weighted by Crippen LogP contribution is -2.21. The van der Waals surface area contributed by atoms with Crippen LogP contribution in [0.25, 0.3) is 0 Å². The molecule has 1 N–H and O–H groups in total. The van der Waals surface area contributed by atoms with E-state index in [0.29, 0.717) is 6.61 Å². The van der Waals surface area contributed by atoms with Crippen molar-refractivity contribution in [2.24, 2.45) is 0 Å². The molecule has 0 aromatic carbocycles. The normalized spacial score (nSPS) is 13.2. The summed E-state index contributed by atoms with van der Waals surface area (Å²) in [5.41, 5.74) is 0. The number of hydrogen-bond acceptors (Lipinski definition) is 3. The molecule has 1 atom stereocenters. The van der Waals surface area contributed by atoms with E-state index >= 15 is 0 Å². The number of rotatable bonds is 5. The Bertz CT molecular complexity index is 250. The largest absolute Gasteiger partial charge is 0.466 e. The zero-order valence-corrected chi connectivity index (χ0v) is 9.43. The quantitative estimate of drug-likeness (QED) is 0.868. The first-order valence-corrected chi connectivity index (χ1v) is 5.06. The highest BCUT2D eigenvalue weighted by Gasteiger charge is 2.15. The number of ether oxygens (including phenoxy) is 1. The Morgan fingerprint density at radius 1 is 1.69 bits per heavy atom. The van der Waals surface area contributed by atoms with E-state index in [1.54, 1.807) is 6.26 Å². The molecule has 0 aliphatic heterocycles. The molecule has 1 rings (SSSR count). The van der Waals surface area contributed by atoms with Crippen LogP contribution in [0.2, 0.25) is 0 Å². The maximum atomic E-state index is 5.32. The molecule has 0 aliphatic rings. The zero-order valence-electron chi connectivity index (χ0n) is 7.84. The molecule has 0 radical (unpaired) electrons. The van der Waals surface area contributed by atoms with Crippen molar-refractivity contribution in [3.05, 3.63) is 22.6 Å². The van der Waals surface area contributed by atoms with Gasteiger partial charge in [-0.2, -0.15) is 0 Å². The van der Waals surface area contributed by atoms with Crippen molar-refractivity contribution in [1.29, 1.82) is 0 Å². The van der Waals surface area contributed by atoms with Crippen LogP contribution in [0, 0.1) is 0 Å². The van der Waals surface area contributed by atoms with Crippen LogP contribution in [0.5, 0.6) is 0 Å². The molecule has 3 nitrogen and oxygen atoms in total. The third-order valence-corrected chi connectivity index (χ3v) is 2.45. The SMILES string of the molecule is CCOCC(NC)c1occc1Br. The highest BCUT2D eigenvalue weighted by molar-refractivity contribution is 9.10. The highest BCUT2D eigenvalue weighted by atomic mass is 79.9. The van der Waals surface area contributed by atoms with Gasteiger partial charge in [-0.1, -0.05) is 0 Å². The Hall–Kier alpha value is -0.320. The van der Waals surface area contributed by atoms with Crippen molar-refractivity contribution in [2.45, 2.75) is 13.0 Å². The molecule has 74 valence electrons. The Morgan fingerprint density at radius 3 is 2.92 bits per heavy atom. The standard InChI is InChI=1S/C9H14BrNO2/c1-3-12-6-8(11-2)9-7(10)4-5-13-9/h4-5,8,11H,3,6H2,1-2H3. The van der Waals surface area contributed by atoms with Crippen LogP contribution in [0.15, 0.2) is 21.2 Å². The van der Waals surface area contributed by atoms with Crippen LogP contribution in [0.1, 0.15) is 18.7 Å². The zero-order chi connectivity index (χ0) is 9.68. The minimum atomic E-state index is 0.115. The molecule has 1 aromatic rings. The number of nitrogens with one attached hydrogen (secondary N) is 1. The smallest absolute Gasteiger partial charge is 0.137 e. The third-order valence-electron chi connectivity index (χ3n) is 1.80. The highest BCUT2D eigenvalue weighted by Crippen LogP contribution is 2.24. The van der Waals surface area contributed by atoms with Crippen LogP contribution >= 0.6 is 15.9 Å². The molecule has 0 bridgehead atoms. The fraction of sp³-hybridized carbons (Fsp3) is 0.556. The van der Waals surface area contributed by atoms with Crippen molar-refractivity contribution < 1.29 is 9.15 Å². The van der Waals surface area contributed by atoms with Gasteiger partial charge in [0.25, 0.3) is 0 Å². The average Bonchev–Trinajstić information content (AvgIpc) is 2.54. The number of furan rings is 1. The summed E-state index contributed by atoms with van der Waals surface area (Å²) in [6.07, 6.45) is 1.66. The van der Waals surface area contributed by atoms with Crippen molar-refractivity contribution in [1.82, 2.24) is 5.32 Å². The lowest BCUT2D eigenvalue weighted by atomic mass is 10.2. The van der Waals surface area contributed by atoms with Crippen molar-refractivity contribution in [3.63, 3.8) is 0 Å². The van der Waals surface area contributed by atoms with Gasteiger partial charge >= 0.3 is 0 Å². The van der Waals surface area contributed by atoms with E-state index in [1.165, 1.54) is 0 Å². The van der Waals surface area contributed by atoms with Crippen LogP contribution in [0.4, 0.5) is 0 Å². The van der Waals surface area contributed by atoms with Crippen molar-refractivity contribution in [3.8, 4) is 0 Å². The Balaban J connectivity index is 2.61. The van der Waals surface area contributed by atoms with E-state index in [4.69, 9.17) is 9.15 Å². The average molecular weight is 248 g/mol. The van der Waals surface area contributed by atoms with Crippen molar-refractivity contribution >= 4 is 15.9 Å². The molecule has 0 aliphatic carbocycles. The van der Waals surface area contributed by atoms with Gasteiger partial charge in [0.1, 0.15) is 5.76 Å². The molecule has 0 amide bonds. The van der Waals surface area contributed by atoms with Crippen LogP contribution in [-0.2, 0) is 4.74 Å². The maximum Gasteiger partial charge on any atom is 0.137 e. The van der Waals surface area contributed by atoms with Gasteiger partial charge in [0, 0.05) is 6.61 Å². The summed E-state index contributed by atoms with van der Waals surface area (Å²) in [5.74, 6) is 0.885. The van der Waals surface area contributed by atoms with Crippen molar-refractivity contribution in [2.75, 3.05) is 20.3 Å². The summed E-state index contributed by atoms with van der Waals surface area (Å²) in [5, 5.41) is 3.13. The number of halogens is 1. The third kappa shape index (κ3) is 2.83. The van der Waals surface area contributed by atoms with Gasteiger partial charge in [0.05, 0.1) is 23.4 Å². The molecule has 1 aromatic heterocycles. The van der Waals surface area contributed by atoms with Gasteiger partial charge in [-0.15, -0.1) is 0 Å². The minimum Gasteiger partial charge on any atom is -0.466 e. The summed E-state index contributed by atoms with van der Waals surface area (Å²) in [6.45, 7) is 3.32. The summed E-state index contributed by atoms with van der Waals surface area (Å²) in [6, 6.07) is 2.00. The molecule has 0 saturated heterocycles. The van der Waals surface area contributed by atoms with E-state index in [0.717, 1.165) is 16.8 Å². The van der Waals surface area contributed by atoms with Gasteiger partial charge in [-0.25, -0.2) is 0 Å². The molecular formula is C9H14BrNO2. The fourth-order valence-electron chi connectivity index (χ4n) is 1.08. The topological polar surface area (TPSA) is 34.4 Å². The maximum absolute atomic E-state index is 5.32. The number of hydrogen-bond donors (Lipinski definition) is 1. The first-order chi connectivity index (χ1) is 6.29. The first kappa shape index (κ1) is 10.8. The van der Waals surface area contributed by atoms with Crippen LogP contribution in [0.3, 0.4) is 0 Å². The molecular weight excluding hydrogens is 234 g/mol. The Labute approximate surface area is 86.6 Å². The first-order valence-electron chi connectivity index (χ1n) is 4.27. The molecule has 1 unspecified atom stereocenters. The lowest BCUT2D eigenvalue weighted by molar-refractivity contribution is 0.118. The number of likely N-dealkylation sites (N-methyl/N-ethyl adjacent to an activating group) is 1. The summed E-state index contributed by atoms with van der Waals surface area (Å²) in [7, 11) is 1.89. The van der Waals surface area contributed by atoms with Gasteiger partial charge in [-0.05, 0) is 36.0 Å². The van der Waals surface area contributed by atoms with Gasteiger partial charge in [0.15, 0.2) is 0 Å². The molecule has 1 heterocycles.